The van der Waals surface area contributed by atoms with E-state index in [1.54, 1.807) is 54.0 Å². The first-order chi connectivity index (χ1) is 20.2. The average Bonchev–Trinajstić information content (AvgIpc) is 3.42. The molecule has 226 valence electrons. The number of carboxylic acids is 1. The van der Waals surface area contributed by atoms with Gasteiger partial charge in [-0.1, -0.05) is 41.0 Å². The van der Waals surface area contributed by atoms with E-state index in [4.69, 9.17) is 16.1 Å². The Balaban J connectivity index is 1.56. The molecule has 14 heteroatoms. The summed E-state index contributed by atoms with van der Waals surface area (Å²) in [5.41, 5.74) is 3.15. The van der Waals surface area contributed by atoms with Crippen molar-refractivity contribution in [3.05, 3.63) is 88.1 Å². The van der Waals surface area contributed by atoms with Crippen molar-refractivity contribution in [2.45, 2.75) is 38.4 Å². The standard InChI is InChI=1S/C29H21ClF6N2O5/c1-15-21(10-16-3-2-4-17(9-16)11-25(27(39)40)41-14-28(31,32)33)22-13-19(42-29(34,35)36)6-8-23(22)38(15)26-20-7-5-18(30)12-24(20)43-37-26/h2-9,12-13,25H,10-11,14H2,1H3,(H,39,40). The van der Waals surface area contributed by atoms with Crippen molar-refractivity contribution in [1.29, 1.82) is 0 Å². The quantitative estimate of drug-likeness (QED) is 0.168. The predicted molar refractivity (Wildman–Crippen MR) is 144 cm³/mol. The van der Waals surface area contributed by atoms with Gasteiger partial charge in [-0.05, 0) is 60.4 Å². The number of fused-ring (bicyclic) bond motifs is 2. The minimum Gasteiger partial charge on any atom is -0.479 e. The van der Waals surface area contributed by atoms with Crippen molar-refractivity contribution in [3.8, 4) is 11.6 Å². The van der Waals surface area contributed by atoms with Gasteiger partial charge in [0.15, 0.2) is 17.5 Å². The monoisotopic (exact) mass is 626 g/mol. The van der Waals surface area contributed by atoms with Crippen molar-refractivity contribution in [3.63, 3.8) is 0 Å². The maximum Gasteiger partial charge on any atom is 0.573 e. The molecule has 3 aromatic carbocycles. The highest BCUT2D eigenvalue weighted by atomic mass is 35.5. The largest absolute Gasteiger partial charge is 0.573 e. The number of ether oxygens (including phenoxy) is 2. The lowest BCUT2D eigenvalue weighted by Crippen LogP contribution is -2.31. The smallest absolute Gasteiger partial charge is 0.479 e. The van der Waals surface area contributed by atoms with Crippen LogP contribution in [0.2, 0.25) is 5.02 Å². The van der Waals surface area contributed by atoms with Gasteiger partial charge in [-0.2, -0.15) is 13.2 Å². The van der Waals surface area contributed by atoms with Crippen LogP contribution in [0.3, 0.4) is 0 Å². The van der Waals surface area contributed by atoms with E-state index >= 15 is 0 Å². The fourth-order valence-corrected chi connectivity index (χ4v) is 5.07. The minimum absolute atomic E-state index is 0.168. The summed E-state index contributed by atoms with van der Waals surface area (Å²) in [7, 11) is 0. The van der Waals surface area contributed by atoms with E-state index in [9.17, 15) is 36.2 Å². The van der Waals surface area contributed by atoms with Crippen molar-refractivity contribution in [2.75, 3.05) is 6.61 Å². The first-order valence-electron chi connectivity index (χ1n) is 12.6. The predicted octanol–water partition coefficient (Wildman–Crippen LogP) is 7.80. The zero-order valence-electron chi connectivity index (χ0n) is 22.1. The first kappa shape index (κ1) is 30.2. The molecule has 0 radical (unpaired) electrons. The zero-order chi connectivity index (χ0) is 31.1. The Bertz CT molecular complexity index is 1810. The Hall–Kier alpha value is -4.23. The molecule has 0 saturated heterocycles. The molecule has 0 aliphatic carbocycles. The van der Waals surface area contributed by atoms with Crippen LogP contribution in [0.15, 0.2) is 65.2 Å². The average molecular weight is 627 g/mol. The number of aliphatic carboxylic acids is 1. The van der Waals surface area contributed by atoms with Gasteiger partial charge in [0, 0.05) is 28.6 Å². The van der Waals surface area contributed by atoms with Crippen LogP contribution >= 0.6 is 11.6 Å². The van der Waals surface area contributed by atoms with Gasteiger partial charge in [0.2, 0.25) is 0 Å². The molecule has 2 heterocycles. The number of halogens is 7. The molecule has 0 amide bonds. The number of carboxylic acid groups (broad SMARTS) is 1. The molecule has 5 aromatic rings. The van der Waals surface area contributed by atoms with Gasteiger partial charge in [0.1, 0.15) is 12.4 Å². The summed E-state index contributed by atoms with van der Waals surface area (Å²) < 4.78 is 92.9. The maximum absolute atomic E-state index is 13.1. The molecule has 0 fully saturated rings. The molecule has 0 aliphatic heterocycles. The molecule has 5 rings (SSSR count). The number of rotatable bonds is 9. The highest BCUT2D eigenvalue weighted by Crippen LogP contribution is 2.37. The molecule has 1 unspecified atom stereocenters. The topological polar surface area (TPSA) is 86.7 Å². The lowest BCUT2D eigenvalue weighted by molar-refractivity contribution is -0.274. The Labute approximate surface area is 244 Å². The van der Waals surface area contributed by atoms with Crippen LogP contribution in [-0.4, -0.2) is 46.0 Å². The van der Waals surface area contributed by atoms with Gasteiger partial charge < -0.3 is 19.1 Å². The van der Waals surface area contributed by atoms with Crippen LogP contribution in [0.1, 0.15) is 22.4 Å². The van der Waals surface area contributed by atoms with Gasteiger partial charge >= 0.3 is 18.5 Å². The summed E-state index contributed by atoms with van der Waals surface area (Å²) in [4.78, 5) is 11.5. The third-order valence-corrected chi connectivity index (χ3v) is 6.92. The summed E-state index contributed by atoms with van der Waals surface area (Å²) >= 11 is 6.07. The second-order valence-electron chi connectivity index (χ2n) is 9.73. The summed E-state index contributed by atoms with van der Waals surface area (Å²) in [6.45, 7) is 0.0406. The van der Waals surface area contributed by atoms with E-state index in [1.165, 1.54) is 18.2 Å². The fourth-order valence-electron chi connectivity index (χ4n) is 4.91. The molecule has 2 aromatic heterocycles. The zero-order valence-corrected chi connectivity index (χ0v) is 22.8. The Morgan fingerprint density at radius 2 is 1.77 bits per heavy atom. The second-order valence-corrected chi connectivity index (χ2v) is 10.2. The Morgan fingerprint density at radius 3 is 2.47 bits per heavy atom. The molecular formula is C29H21ClF6N2O5. The van der Waals surface area contributed by atoms with Gasteiger partial charge in [0.05, 0.1) is 10.9 Å². The number of aromatic nitrogens is 2. The molecule has 0 bridgehead atoms. The number of hydrogen-bond donors (Lipinski definition) is 1. The number of benzene rings is 3. The summed E-state index contributed by atoms with van der Waals surface area (Å²) in [5, 5.41) is 15.0. The number of alkyl halides is 6. The molecule has 43 heavy (non-hydrogen) atoms. The van der Waals surface area contributed by atoms with E-state index in [0.717, 1.165) is 0 Å². The number of hydrogen-bond acceptors (Lipinski definition) is 5. The highest BCUT2D eigenvalue weighted by Gasteiger charge is 2.32. The van der Waals surface area contributed by atoms with Crippen molar-refractivity contribution >= 4 is 39.4 Å². The third kappa shape index (κ3) is 6.89. The Morgan fingerprint density at radius 1 is 1.02 bits per heavy atom. The normalized spacial score (nSPS) is 13.1. The van der Waals surface area contributed by atoms with E-state index < -0.39 is 37.0 Å². The van der Waals surface area contributed by atoms with Crippen LogP contribution in [0.5, 0.6) is 5.75 Å². The van der Waals surface area contributed by atoms with Gasteiger partial charge in [0.25, 0.3) is 0 Å². The summed E-state index contributed by atoms with van der Waals surface area (Å²) in [5.74, 6) is -1.60. The fraction of sp³-hybridized carbons (Fsp3) is 0.241. The molecule has 1 N–H and O–H groups in total. The molecule has 1 atom stereocenters. The van der Waals surface area contributed by atoms with Gasteiger partial charge in [-0.15, -0.1) is 13.2 Å². The van der Waals surface area contributed by atoms with Crippen LogP contribution < -0.4 is 4.74 Å². The lowest BCUT2D eigenvalue weighted by Gasteiger charge is -2.16. The molecule has 7 nitrogen and oxygen atoms in total. The summed E-state index contributed by atoms with van der Waals surface area (Å²) in [6, 6.07) is 15.3. The van der Waals surface area contributed by atoms with Crippen molar-refractivity contribution in [1.82, 2.24) is 9.72 Å². The molecule has 0 aliphatic rings. The molecular weight excluding hydrogens is 606 g/mol. The maximum atomic E-state index is 13.1. The van der Waals surface area contributed by atoms with E-state index in [1.807, 2.05) is 0 Å². The first-order valence-corrected chi connectivity index (χ1v) is 13.0. The van der Waals surface area contributed by atoms with Gasteiger partial charge in [-0.3, -0.25) is 4.57 Å². The Kier molecular flexibility index (Phi) is 8.05. The van der Waals surface area contributed by atoms with Crippen LogP contribution in [0.25, 0.3) is 27.7 Å². The summed E-state index contributed by atoms with van der Waals surface area (Å²) in [6.07, 6.45) is -11.5. The number of nitrogens with zero attached hydrogens (tertiary/aromatic N) is 2. The van der Waals surface area contributed by atoms with E-state index in [2.05, 4.69) is 14.6 Å². The van der Waals surface area contributed by atoms with Crippen molar-refractivity contribution < 1.29 is 50.2 Å². The van der Waals surface area contributed by atoms with E-state index in [0.29, 0.717) is 55.1 Å². The highest BCUT2D eigenvalue weighted by molar-refractivity contribution is 6.31. The van der Waals surface area contributed by atoms with E-state index in [-0.39, 0.29) is 12.8 Å². The van der Waals surface area contributed by atoms with Crippen molar-refractivity contribution in [2.24, 2.45) is 0 Å². The molecule has 0 spiro atoms. The SMILES string of the molecule is Cc1c(Cc2cccc(CC(OCC(F)(F)F)C(=O)O)c2)c2cc(OC(F)(F)F)ccc2n1-c1noc2cc(Cl)ccc12. The minimum atomic E-state index is -4.92. The van der Waals surface area contributed by atoms with Gasteiger partial charge in [-0.25, -0.2) is 4.79 Å². The van der Waals surface area contributed by atoms with Crippen LogP contribution in [0.4, 0.5) is 26.3 Å². The molecule has 0 saturated carbocycles. The van der Waals surface area contributed by atoms with Crippen LogP contribution in [0, 0.1) is 6.92 Å². The number of carbonyl (C=O) groups is 1. The third-order valence-electron chi connectivity index (χ3n) is 6.68. The van der Waals surface area contributed by atoms with Crippen LogP contribution in [-0.2, 0) is 22.4 Å². The second kappa shape index (κ2) is 11.5. The lowest BCUT2D eigenvalue weighted by atomic mass is 9.98.